The van der Waals surface area contributed by atoms with Gasteiger partial charge in [0.05, 0.1) is 11.6 Å². The van der Waals surface area contributed by atoms with Crippen molar-refractivity contribution >= 4 is 35.3 Å². The minimum absolute atomic E-state index is 0.00444. The van der Waals surface area contributed by atoms with Crippen LogP contribution in [0.1, 0.15) is 19.8 Å². The smallest absolute Gasteiger partial charge is 0.409 e. The SMILES string of the molecule is CCOC(=O)N1CCC(NC(=O)NCOc2ccc(Cl)cc2Cl)CC1. The van der Waals surface area contributed by atoms with Gasteiger partial charge in [-0.25, -0.2) is 9.59 Å². The first-order valence-electron chi connectivity index (χ1n) is 8.03. The number of carbonyl (C=O) groups is 2. The summed E-state index contributed by atoms with van der Waals surface area (Å²) in [6.07, 6.45) is 1.05. The molecule has 1 aliphatic rings. The van der Waals surface area contributed by atoms with Gasteiger partial charge in [-0.1, -0.05) is 23.2 Å². The van der Waals surface area contributed by atoms with Crippen molar-refractivity contribution in [1.82, 2.24) is 15.5 Å². The Balaban J connectivity index is 1.67. The second-order valence-electron chi connectivity index (χ2n) is 5.47. The fraction of sp³-hybridized carbons (Fsp3) is 0.500. The summed E-state index contributed by atoms with van der Waals surface area (Å²) < 4.78 is 10.4. The molecule has 0 spiro atoms. The van der Waals surface area contributed by atoms with Gasteiger partial charge in [-0.05, 0) is 38.0 Å². The Morgan fingerprint density at radius 1 is 1.28 bits per heavy atom. The van der Waals surface area contributed by atoms with E-state index in [2.05, 4.69) is 10.6 Å². The van der Waals surface area contributed by atoms with Gasteiger partial charge in [-0.15, -0.1) is 0 Å². The van der Waals surface area contributed by atoms with Gasteiger partial charge in [0.15, 0.2) is 6.73 Å². The maximum atomic E-state index is 11.9. The van der Waals surface area contributed by atoms with Gasteiger partial charge < -0.3 is 25.0 Å². The first-order valence-corrected chi connectivity index (χ1v) is 8.79. The summed E-state index contributed by atoms with van der Waals surface area (Å²) in [6, 6.07) is 4.52. The van der Waals surface area contributed by atoms with E-state index in [1.807, 2.05) is 0 Å². The van der Waals surface area contributed by atoms with E-state index in [0.717, 1.165) is 0 Å². The Kier molecular flexibility index (Phi) is 7.46. The molecule has 1 saturated heterocycles. The van der Waals surface area contributed by atoms with Gasteiger partial charge in [0.1, 0.15) is 5.75 Å². The van der Waals surface area contributed by atoms with Gasteiger partial charge in [0.25, 0.3) is 0 Å². The molecule has 7 nitrogen and oxygen atoms in total. The van der Waals surface area contributed by atoms with Gasteiger partial charge in [0, 0.05) is 24.2 Å². The molecule has 0 atom stereocenters. The predicted octanol–water partition coefficient (Wildman–Crippen LogP) is 3.25. The van der Waals surface area contributed by atoms with Gasteiger partial charge in [0.2, 0.25) is 0 Å². The average molecular weight is 390 g/mol. The highest BCUT2D eigenvalue weighted by Gasteiger charge is 2.24. The molecule has 1 aromatic carbocycles. The largest absolute Gasteiger partial charge is 0.472 e. The van der Waals surface area contributed by atoms with E-state index < -0.39 is 0 Å². The number of hydrogen-bond donors (Lipinski definition) is 2. The number of carbonyl (C=O) groups excluding carboxylic acids is 2. The quantitative estimate of drug-likeness (QED) is 0.757. The number of urea groups is 1. The number of ether oxygens (including phenoxy) is 2. The molecule has 138 valence electrons. The molecule has 2 rings (SSSR count). The third-order valence-electron chi connectivity index (χ3n) is 3.71. The van der Waals surface area contributed by atoms with Crippen molar-refractivity contribution in [2.24, 2.45) is 0 Å². The van der Waals surface area contributed by atoms with E-state index in [-0.39, 0.29) is 24.9 Å². The minimum atomic E-state index is -0.334. The zero-order valence-corrected chi connectivity index (χ0v) is 15.4. The molecule has 9 heteroatoms. The average Bonchev–Trinajstić information content (AvgIpc) is 2.57. The van der Waals surface area contributed by atoms with Crippen molar-refractivity contribution < 1.29 is 19.1 Å². The predicted molar refractivity (Wildman–Crippen MR) is 95.2 cm³/mol. The van der Waals surface area contributed by atoms with Crippen molar-refractivity contribution in [2.45, 2.75) is 25.8 Å². The summed E-state index contributed by atoms with van der Waals surface area (Å²) in [4.78, 5) is 25.2. The summed E-state index contributed by atoms with van der Waals surface area (Å²) in [5, 5.41) is 6.35. The molecular formula is C16H21Cl2N3O4. The summed E-state index contributed by atoms with van der Waals surface area (Å²) in [5.74, 6) is 0.439. The molecule has 1 aromatic rings. The molecule has 0 saturated carbocycles. The fourth-order valence-corrected chi connectivity index (χ4v) is 2.89. The highest BCUT2D eigenvalue weighted by molar-refractivity contribution is 6.35. The van der Waals surface area contributed by atoms with E-state index in [1.165, 1.54) is 0 Å². The number of benzene rings is 1. The van der Waals surface area contributed by atoms with Crippen LogP contribution in [-0.2, 0) is 4.74 Å². The summed E-state index contributed by atoms with van der Waals surface area (Å²) in [5.41, 5.74) is 0. The lowest BCUT2D eigenvalue weighted by atomic mass is 10.1. The van der Waals surface area contributed by atoms with Crippen molar-refractivity contribution in [3.8, 4) is 5.75 Å². The Morgan fingerprint density at radius 3 is 2.64 bits per heavy atom. The molecule has 1 aliphatic heterocycles. The van der Waals surface area contributed by atoms with E-state index in [4.69, 9.17) is 32.7 Å². The highest BCUT2D eigenvalue weighted by Crippen LogP contribution is 2.27. The van der Waals surface area contributed by atoms with Crippen molar-refractivity contribution in [3.05, 3.63) is 28.2 Å². The number of nitrogens with one attached hydrogen (secondary N) is 2. The van der Waals surface area contributed by atoms with Crippen LogP contribution in [0.3, 0.4) is 0 Å². The number of piperidine rings is 1. The van der Waals surface area contributed by atoms with Crippen molar-refractivity contribution in [1.29, 1.82) is 0 Å². The van der Waals surface area contributed by atoms with Crippen LogP contribution >= 0.6 is 23.2 Å². The molecule has 0 bridgehead atoms. The normalized spacial score (nSPS) is 14.8. The molecule has 0 radical (unpaired) electrons. The lowest BCUT2D eigenvalue weighted by molar-refractivity contribution is 0.0956. The van der Waals surface area contributed by atoms with E-state index >= 15 is 0 Å². The van der Waals surface area contributed by atoms with Crippen LogP contribution in [0.4, 0.5) is 9.59 Å². The summed E-state index contributed by atoms with van der Waals surface area (Å²) in [7, 11) is 0. The van der Waals surface area contributed by atoms with E-state index in [1.54, 1.807) is 30.0 Å². The zero-order valence-electron chi connectivity index (χ0n) is 13.9. The van der Waals surface area contributed by atoms with E-state index in [0.29, 0.717) is 48.3 Å². The monoisotopic (exact) mass is 389 g/mol. The molecule has 0 aliphatic carbocycles. The summed E-state index contributed by atoms with van der Waals surface area (Å²) in [6.45, 7) is 3.23. The van der Waals surface area contributed by atoms with Crippen molar-refractivity contribution in [2.75, 3.05) is 26.4 Å². The van der Waals surface area contributed by atoms with Crippen LogP contribution in [0.2, 0.25) is 10.0 Å². The Labute approximate surface area is 156 Å². The third-order valence-corrected chi connectivity index (χ3v) is 4.24. The molecule has 1 fully saturated rings. The first-order chi connectivity index (χ1) is 12.0. The Morgan fingerprint density at radius 2 is 2.00 bits per heavy atom. The number of likely N-dealkylation sites (tertiary alicyclic amines) is 1. The topological polar surface area (TPSA) is 79.9 Å². The number of hydrogen-bond acceptors (Lipinski definition) is 4. The number of nitrogens with zero attached hydrogens (tertiary/aromatic N) is 1. The number of amides is 3. The first kappa shape index (κ1) is 19.5. The Hall–Kier alpha value is -1.86. The van der Waals surface area contributed by atoms with E-state index in [9.17, 15) is 9.59 Å². The molecule has 1 heterocycles. The second kappa shape index (κ2) is 9.58. The van der Waals surface area contributed by atoms with Crippen LogP contribution in [-0.4, -0.2) is 49.5 Å². The lowest BCUT2D eigenvalue weighted by Crippen LogP contribution is -2.49. The van der Waals surface area contributed by atoms with Crippen LogP contribution in [0, 0.1) is 0 Å². The van der Waals surface area contributed by atoms with Crippen LogP contribution in [0.15, 0.2) is 18.2 Å². The maximum absolute atomic E-state index is 11.9. The highest BCUT2D eigenvalue weighted by atomic mass is 35.5. The second-order valence-corrected chi connectivity index (χ2v) is 6.32. The molecule has 0 aromatic heterocycles. The molecule has 3 amide bonds. The Bertz CT molecular complexity index is 607. The molecule has 2 N–H and O–H groups in total. The van der Waals surface area contributed by atoms with Gasteiger partial charge in [-0.3, -0.25) is 0 Å². The number of halogens is 2. The number of rotatable bonds is 5. The maximum Gasteiger partial charge on any atom is 0.409 e. The van der Waals surface area contributed by atoms with Crippen molar-refractivity contribution in [3.63, 3.8) is 0 Å². The van der Waals surface area contributed by atoms with Gasteiger partial charge >= 0.3 is 12.1 Å². The van der Waals surface area contributed by atoms with Crippen LogP contribution in [0.5, 0.6) is 5.75 Å². The standard InChI is InChI=1S/C16H21Cl2N3O4/c1-2-24-16(23)21-7-5-12(6-8-21)20-15(22)19-10-25-14-4-3-11(17)9-13(14)18/h3-4,9,12H,2,5-8,10H2,1H3,(H2,19,20,22). The summed E-state index contributed by atoms with van der Waals surface area (Å²) >= 11 is 11.8. The lowest BCUT2D eigenvalue weighted by Gasteiger charge is -2.31. The van der Waals surface area contributed by atoms with Crippen LogP contribution in [0.25, 0.3) is 0 Å². The molecule has 0 unspecified atom stereocenters. The fourth-order valence-electron chi connectivity index (χ4n) is 2.43. The van der Waals surface area contributed by atoms with Gasteiger partial charge in [-0.2, -0.15) is 0 Å². The zero-order chi connectivity index (χ0) is 18.2. The minimum Gasteiger partial charge on any atom is -0.472 e. The van der Waals surface area contributed by atoms with Crippen LogP contribution < -0.4 is 15.4 Å². The molecule has 25 heavy (non-hydrogen) atoms. The molecular weight excluding hydrogens is 369 g/mol. The third kappa shape index (κ3) is 6.17.